The molecule has 0 radical (unpaired) electrons. The lowest BCUT2D eigenvalue weighted by atomic mass is 9.98. The second-order valence-corrected chi connectivity index (χ2v) is 5.01. The summed E-state index contributed by atoms with van der Waals surface area (Å²) in [6.45, 7) is 3.24. The van der Waals surface area contributed by atoms with Crippen LogP contribution >= 0.6 is 0 Å². The summed E-state index contributed by atoms with van der Waals surface area (Å²) in [6, 6.07) is 10.8. The first-order chi connectivity index (χ1) is 11.1. The van der Waals surface area contributed by atoms with Crippen LogP contribution in [0.15, 0.2) is 48.9 Å². The van der Waals surface area contributed by atoms with Crippen molar-refractivity contribution in [3.05, 3.63) is 65.6 Å². The number of phenols is 1. The molecule has 0 saturated heterocycles. The number of benzene rings is 2. The van der Waals surface area contributed by atoms with Crippen LogP contribution in [-0.2, 0) is 11.3 Å². The topological polar surface area (TPSA) is 85.2 Å². The summed E-state index contributed by atoms with van der Waals surface area (Å²) in [4.78, 5) is 15.8. The molecule has 0 atom stereocenters. The van der Waals surface area contributed by atoms with Crippen molar-refractivity contribution in [1.82, 2.24) is 0 Å². The first-order valence-corrected chi connectivity index (χ1v) is 6.87. The van der Waals surface area contributed by atoms with Gasteiger partial charge in [0.1, 0.15) is 22.8 Å². The fourth-order valence-corrected chi connectivity index (χ4v) is 2.46. The summed E-state index contributed by atoms with van der Waals surface area (Å²) >= 11 is 0. The fraction of sp³-hybridized carbons (Fsp3) is 0.118. The normalized spacial score (nSPS) is 12.5. The quantitative estimate of drug-likeness (QED) is 0.501. The Labute approximate surface area is 132 Å². The Morgan fingerprint density at radius 3 is 2.74 bits per heavy atom. The number of rotatable bonds is 5. The lowest BCUT2D eigenvalue weighted by Gasteiger charge is -2.14. The number of phenolic OH excluding ortho intramolecular Hbond substituents is 1. The zero-order chi connectivity index (χ0) is 16.4. The van der Waals surface area contributed by atoms with Gasteiger partial charge in [-0.15, -0.1) is 0 Å². The first kappa shape index (κ1) is 14.9. The van der Waals surface area contributed by atoms with Gasteiger partial charge in [0.2, 0.25) is 5.78 Å². The van der Waals surface area contributed by atoms with Gasteiger partial charge in [0.05, 0.1) is 0 Å². The Kier molecular flexibility index (Phi) is 3.91. The zero-order valence-corrected chi connectivity index (χ0v) is 12.1. The molecule has 0 amide bonds. The van der Waals surface area contributed by atoms with Crippen LogP contribution in [0.1, 0.15) is 21.5 Å². The predicted molar refractivity (Wildman–Crippen MR) is 80.7 cm³/mol. The Balaban J connectivity index is 2.08. The molecule has 0 fully saturated rings. The number of ketones is 1. The summed E-state index contributed by atoms with van der Waals surface area (Å²) in [7, 11) is 0. The summed E-state index contributed by atoms with van der Waals surface area (Å²) in [5.74, 6) is -0.433. The van der Waals surface area contributed by atoms with E-state index >= 15 is 0 Å². The molecule has 0 unspecified atom stereocenters. The molecule has 2 N–H and O–H groups in total. The molecular weight excluding hydrogens is 300 g/mol. The highest BCUT2D eigenvalue weighted by Gasteiger charge is 2.30. The molecule has 1 heterocycles. The van der Waals surface area contributed by atoms with Crippen LogP contribution in [0, 0.1) is 0 Å². The number of carbonyl (C=O) groups excluding carboxylic acids is 1. The van der Waals surface area contributed by atoms with Crippen molar-refractivity contribution < 1.29 is 29.5 Å². The van der Waals surface area contributed by atoms with Gasteiger partial charge in [-0.25, -0.2) is 0 Å². The monoisotopic (exact) mass is 314 g/mol. The number of aromatic hydroxyl groups is 1. The Bertz CT molecular complexity index is 766. The number of Topliss-reactive ketones (excluding diaryl/α,β-unsaturated/α-hetero) is 1. The third kappa shape index (κ3) is 2.84. The van der Waals surface area contributed by atoms with Crippen molar-refractivity contribution in [2.45, 2.75) is 6.42 Å². The van der Waals surface area contributed by atoms with Crippen molar-refractivity contribution in [3.8, 4) is 17.2 Å². The van der Waals surface area contributed by atoms with Gasteiger partial charge in [0.15, 0.2) is 6.61 Å². The molecule has 3 rings (SSSR count). The number of fused-ring (bicyclic) bond motifs is 1. The Morgan fingerprint density at radius 2 is 2.04 bits per heavy atom. The molecule has 6 heteroatoms. The van der Waals surface area contributed by atoms with E-state index in [2.05, 4.69) is 11.5 Å². The maximum Gasteiger partial charge on any atom is 0.314 e. The van der Waals surface area contributed by atoms with Crippen LogP contribution in [0.3, 0.4) is 0 Å². The van der Waals surface area contributed by atoms with Crippen LogP contribution in [0.5, 0.6) is 17.2 Å². The molecule has 2 aromatic carbocycles. The lowest BCUT2D eigenvalue weighted by molar-refractivity contribution is -0.230. The maximum absolute atomic E-state index is 11.9. The highest BCUT2D eigenvalue weighted by atomic mass is 17.1. The number of hydrogen-bond acceptors (Lipinski definition) is 6. The van der Waals surface area contributed by atoms with Gasteiger partial charge in [0, 0.05) is 18.1 Å². The third-order valence-electron chi connectivity index (χ3n) is 3.52. The molecule has 0 bridgehead atoms. The van der Waals surface area contributed by atoms with Crippen molar-refractivity contribution in [1.29, 1.82) is 0 Å². The molecule has 0 saturated carbocycles. The van der Waals surface area contributed by atoms with E-state index in [4.69, 9.17) is 14.7 Å². The van der Waals surface area contributed by atoms with Crippen molar-refractivity contribution in [3.63, 3.8) is 0 Å². The van der Waals surface area contributed by atoms with E-state index in [0.717, 1.165) is 5.56 Å². The molecule has 1 aliphatic heterocycles. The van der Waals surface area contributed by atoms with Crippen molar-refractivity contribution in [2.24, 2.45) is 0 Å². The summed E-state index contributed by atoms with van der Waals surface area (Å²) in [5, 5.41) is 19.1. The van der Waals surface area contributed by atoms with E-state index in [-0.39, 0.29) is 41.1 Å². The molecule has 118 valence electrons. The minimum absolute atomic E-state index is 0.130. The Hall–Kier alpha value is -2.99. The van der Waals surface area contributed by atoms with E-state index in [1.165, 1.54) is 6.07 Å². The molecule has 0 spiro atoms. The third-order valence-corrected chi connectivity index (χ3v) is 3.52. The van der Waals surface area contributed by atoms with E-state index < -0.39 is 0 Å². The van der Waals surface area contributed by atoms with Crippen LogP contribution < -0.4 is 9.47 Å². The highest BCUT2D eigenvalue weighted by molar-refractivity contribution is 6.05. The van der Waals surface area contributed by atoms with Gasteiger partial charge < -0.3 is 19.5 Å². The SMILES string of the molecule is C=C(OO)Oc1cc2c(c(O)c1Cc1ccccc1)C(=O)CO2. The van der Waals surface area contributed by atoms with Gasteiger partial charge in [-0.1, -0.05) is 30.3 Å². The number of hydrogen-bond donors (Lipinski definition) is 2. The van der Waals surface area contributed by atoms with Crippen LogP contribution in [0.2, 0.25) is 0 Å². The maximum atomic E-state index is 11.9. The number of carbonyl (C=O) groups is 1. The fourth-order valence-electron chi connectivity index (χ4n) is 2.46. The van der Waals surface area contributed by atoms with Gasteiger partial charge in [-0.05, 0) is 12.1 Å². The van der Waals surface area contributed by atoms with Crippen LogP contribution in [0.4, 0.5) is 0 Å². The van der Waals surface area contributed by atoms with Gasteiger partial charge >= 0.3 is 5.95 Å². The predicted octanol–water partition coefficient (Wildman–Crippen LogP) is 2.90. The minimum atomic E-state index is -0.358. The minimum Gasteiger partial charge on any atom is -0.507 e. The van der Waals surface area contributed by atoms with Gasteiger partial charge in [-0.2, -0.15) is 5.26 Å². The van der Waals surface area contributed by atoms with E-state index in [0.29, 0.717) is 12.0 Å². The summed E-state index contributed by atoms with van der Waals surface area (Å²) < 4.78 is 10.5. The summed E-state index contributed by atoms with van der Waals surface area (Å²) in [6.07, 6.45) is 0.321. The molecule has 0 aliphatic carbocycles. The second kappa shape index (κ2) is 6.02. The molecule has 1 aliphatic rings. The van der Waals surface area contributed by atoms with Gasteiger partial charge in [-0.3, -0.25) is 4.79 Å². The van der Waals surface area contributed by atoms with E-state index in [9.17, 15) is 9.90 Å². The zero-order valence-electron chi connectivity index (χ0n) is 12.1. The smallest absolute Gasteiger partial charge is 0.314 e. The second-order valence-electron chi connectivity index (χ2n) is 5.01. The lowest BCUT2D eigenvalue weighted by Crippen LogP contribution is -2.03. The van der Waals surface area contributed by atoms with Crippen LogP contribution in [0.25, 0.3) is 0 Å². The molecule has 23 heavy (non-hydrogen) atoms. The average Bonchev–Trinajstić information content (AvgIpc) is 2.93. The molecule has 2 aromatic rings. The molecular formula is C17H14O6. The van der Waals surface area contributed by atoms with E-state index in [1.807, 2.05) is 30.3 Å². The first-order valence-electron chi connectivity index (χ1n) is 6.87. The average molecular weight is 314 g/mol. The highest BCUT2D eigenvalue weighted by Crippen LogP contribution is 2.42. The van der Waals surface area contributed by atoms with Crippen molar-refractivity contribution >= 4 is 5.78 Å². The van der Waals surface area contributed by atoms with Crippen LogP contribution in [-0.4, -0.2) is 22.8 Å². The van der Waals surface area contributed by atoms with E-state index in [1.54, 1.807) is 0 Å². The number of ether oxygens (including phenoxy) is 2. The largest absolute Gasteiger partial charge is 0.507 e. The van der Waals surface area contributed by atoms with Gasteiger partial charge in [0.25, 0.3) is 0 Å². The Morgan fingerprint density at radius 1 is 1.30 bits per heavy atom. The molecule has 6 nitrogen and oxygen atoms in total. The standard InChI is InChI=1S/C17H14O6/c1-10(23-20)22-14-8-15-16(13(18)9-21-15)17(19)12(14)7-11-5-3-2-4-6-11/h2-6,8,19-20H,1,7,9H2. The molecule has 0 aromatic heterocycles. The summed E-state index contributed by atoms with van der Waals surface area (Å²) in [5.41, 5.74) is 1.43. The van der Waals surface area contributed by atoms with Crippen molar-refractivity contribution in [2.75, 3.05) is 6.61 Å².